The summed E-state index contributed by atoms with van der Waals surface area (Å²) in [5.41, 5.74) is -1.38. The third-order valence-electron chi connectivity index (χ3n) is 4.99. The van der Waals surface area contributed by atoms with E-state index in [4.69, 9.17) is 4.74 Å². The summed E-state index contributed by atoms with van der Waals surface area (Å²) in [6, 6.07) is 5.87. The Kier molecular flexibility index (Phi) is 8.89. The number of hydrogen-bond donors (Lipinski definition) is 3. The fourth-order valence-corrected chi connectivity index (χ4v) is 3.24. The van der Waals surface area contributed by atoms with Gasteiger partial charge in [-0.3, -0.25) is 19.7 Å². The molecule has 2 aromatic carbocycles. The Hall–Kier alpha value is -4.00. The van der Waals surface area contributed by atoms with Crippen molar-refractivity contribution in [2.24, 2.45) is 0 Å². The number of aliphatic hydroxyl groups is 1. The van der Waals surface area contributed by atoms with E-state index >= 15 is 0 Å². The molecule has 0 bridgehead atoms. The molecule has 1 amide bonds. The van der Waals surface area contributed by atoms with Crippen LogP contribution < -0.4 is 5.32 Å². The Morgan fingerprint density at radius 3 is 2.06 bits per heavy atom. The van der Waals surface area contributed by atoms with Crippen LogP contribution in [0.3, 0.4) is 0 Å². The topological polar surface area (TPSA) is 156 Å². The number of nitrogens with one attached hydrogen (secondary N) is 1. The van der Waals surface area contributed by atoms with Crippen LogP contribution in [0, 0.1) is 10.1 Å². The quantitative estimate of drug-likeness (QED) is 0.256. The second kappa shape index (κ2) is 11.4. The first-order chi connectivity index (χ1) is 16.3. The lowest BCUT2D eigenvalue weighted by Gasteiger charge is -2.26. The number of nitro groups is 1. The van der Waals surface area contributed by atoms with E-state index in [0.29, 0.717) is 12.1 Å². The molecule has 2 rings (SSSR count). The van der Waals surface area contributed by atoms with E-state index < -0.39 is 59.0 Å². The SMILES string of the molecule is CCOC(=O)C[C@H](c1ccc([N+](=O)[O-])cc1)[C@@H](NC(=O)[C@@H](O)c1ccc(C(F)(F)F)cc1)C(=O)O. The number of benzene rings is 2. The molecule has 0 aliphatic carbocycles. The normalized spacial score (nSPS) is 13.9. The largest absolute Gasteiger partial charge is 0.480 e. The first kappa shape index (κ1) is 27.2. The van der Waals surface area contributed by atoms with E-state index in [1.165, 1.54) is 19.1 Å². The van der Waals surface area contributed by atoms with Gasteiger partial charge in [0.2, 0.25) is 0 Å². The zero-order valence-corrected chi connectivity index (χ0v) is 18.2. The average molecular weight is 498 g/mol. The van der Waals surface area contributed by atoms with E-state index in [-0.39, 0.29) is 23.4 Å². The first-order valence-corrected chi connectivity index (χ1v) is 10.1. The van der Waals surface area contributed by atoms with Gasteiger partial charge in [0.25, 0.3) is 11.6 Å². The molecule has 0 radical (unpaired) electrons. The van der Waals surface area contributed by atoms with Gasteiger partial charge in [0.05, 0.1) is 23.5 Å². The minimum Gasteiger partial charge on any atom is -0.480 e. The number of amides is 1. The van der Waals surface area contributed by atoms with Crippen molar-refractivity contribution in [3.63, 3.8) is 0 Å². The molecule has 2 aromatic rings. The molecule has 0 aliphatic heterocycles. The van der Waals surface area contributed by atoms with Crippen molar-refractivity contribution >= 4 is 23.5 Å². The second-order valence-electron chi connectivity index (χ2n) is 7.31. The maximum atomic E-state index is 12.7. The van der Waals surface area contributed by atoms with Crippen LogP contribution in [0.25, 0.3) is 0 Å². The fraction of sp³-hybridized carbons (Fsp3) is 0.318. The third kappa shape index (κ3) is 7.24. The van der Waals surface area contributed by atoms with Crippen LogP contribution in [-0.2, 0) is 25.3 Å². The maximum absolute atomic E-state index is 12.7. The van der Waals surface area contributed by atoms with E-state index in [1.54, 1.807) is 0 Å². The maximum Gasteiger partial charge on any atom is 0.416 e. The number of aliphatic carboxylic acids is 1. The van der Waals surface area contributed by atoms with E-state index in [9.17, 15) is 47.9 Å². The number of alkyl halides is 3. The van der Waals surface area contributed by atoms with Gasteiger partial charge in [-0.25, -0.2) is 4.79 Å². The van der Waals surface area contributed by atoms with Crippen LogP contribution in [0.2, 0.25) is 0 Å². The molecular formula is C22H21F3N2O8. The van der Waals surface area contributed by atoms with Crippen LogP contribution >= 0.6 is 0 Å². The summed E-state index contributed by atoms with van der Waals surface area (Å²) >= 11 is 0. The molecular weight excluding hydrogens is 477 g/mol. The van der Waals surface area contributed by atoms with Crippen LogP contribution in [0.4, 0.5) is 18.9 Å². The van der Waals surface area contributed by atoms with Gasteiger partial charge in [0, 0.05) is 18.1 Å². The molecule has 0 spiro atoms. The Bertz CT molecular complexity index is 1070. The molecule has 35 heavy (non-hydrogen) atoms. The predicted molar refractivity (Wildman–Crippen MR) is 113 cm³/mol. The molecule has 0 saturated carbocycles. The number of esters is 1. The molecule has 0 aromatic heterocycles. The summed E-state index contributed by atoms with van der Waals surface area (Å²) < 4.78 is 43.1. The van der Waals surface area contributed by atoms with Crippen molar-refractivity contribution in [1.82, 2.24) is 5.32 Å². The van der Waals surface area contributed by atoms with Gasteiger partial charge in [-0.2, -0.15) is 13.2 Å². The number of non-ortho nitro benzene ring substituents is 1. The number of halogens is 3. The number of carboxylic acids is 1. The Labute approximate surface area is 196 Å². The number of carbonyl (C=O) groups excluding carboxylic acids is 2. The molecule has 3 N–H and O–H groups in total. The predicted octanol–water partition coefficient (Wildman–Crippen LogP) is 2.95. The average Bonchev–Trinajstić information content (AvgIpc) is 2.80. The molecule has 0 saturated heterocycles. The number of rotatable bonds is 10. The van der Waals surface area contributed by atoms with Crippen LogP contribution in [0.1, 0.15) is 42.1 Å². The van der Waals surface area contributed by atoms with Crippen molar-refractivity contribution < 1.29 is 47.4 Å². The van der Waals surface area contributed by atoms with E-state index in [1.807, 2.05) is 0 Å². The Morgan fingerprint density at radius 2 is 1.60 bits per heavy atom. The second-order valence-corrected chi connectivity index (χ2v) is 7.31. The summed E-state index contributed by atoms with van der Waals surface area (Å²) in [6.45, 7) is 1.51. The van der Waals surface area contributed by atoms with Crippen molar-refractivity contribution in [2.45, 2.75) is 37.6 Å². The molecule has 10 nitrogen and oxygen atoms in total. The van der Waals surface area contributed by atoms with Crippen molar-refractivity contribution in [3.8, 4) is 0 Å². The van der Waals surface area contributed by atoms with E-state index in [2.05, 4.69) is 5.32 Å². The molecule has 0 aliphatic rings. The number of aliphatic hydroxyl groups excluding tert-OH is 1. The lowest BCUT2D eigenvalue weighted by atomic mass is 9.88. The minimum absolute atomic E-state index is 0.0114. The summed E-state index contributed by atoms with van der Waals surface area (Å²) in [7, 11) is 0. The van der Waals surface area contributed by atoms with Gasteiger partial charge >= 0.3 is 18.1 Å². The zero-order chi connectivity index (χ0) is 26.3. The highest BCUT2D eigenvalue weighted by Gasteiger charge is 2.35. The number of hydrogen-bond acceptors (Lipinski definition) is 7. The molecule has 0 heterocycles. The lowest BCUT2D eigenvalue weighted by Crippen LogP contribution is -2.47. The third-order valence-corrected chi connectivity index (χ3v) is 4.99. The summed E-state index contributed by atoms with van der Waals surface area (Å²) in [5, 5.41) is 33.0. The molecule has 13 heteroatoms. The van der Waals surface area contributed by atoms with Gasteiger partial charge in [0.1, 0.15) is 6.04 Å². The van der Waals surface area contributed by atoms with Crippen LogP contribution in [-0.4, -0.2) is 45.6 Å². The van der Waals surface area contributed by atoms with E-state index in [0.717, 1.165) is 24.3 Å². The fourth-order valence-electron chi connectivity index (χ4n) is 3.24. The van der Waals surface area contributed by atoms with Crippen molar-refractivity contribution in [1.29, 1.82) is 0 Å². The van der Waals surface area contributed by atoms with Gasteiger partial charge in [-0.05, 0) is 30.2 Å². The number of nitro benzene ring substituents is 1. The van der Waals surface area contributed by atoms with Crippen LogP contribution in [0.5, 0.6) is 0 Å². The number of nitrogens with zero attached hydrogens (tertiary/aromatic N) is 1. The standard InChI is InChI=1S/C22H21F3N2O8/c1-2-35-17(28)11-16(12-5-9-15(10-6-12)27(33)34)18(21(31)32)26-20(30)19(29)13-3-7-14(8-4-13)22(23,24)25/h3-10,16,18-19,29H,2,11H2,1H3,(H,26,30)(H,31,32)/t16-,18-,19+/m1/s1. The monoisotopic (exact) mass is 498 g/mol. The smallest absolute Gasteiger partial charge is 0.416 e. The summed E-state index contributed by atoms with van der Waals surface area (Å²) in [4.78, 5) is 46.9. The highest BCUT2D eigenvalue weighted by Crippen LogP contribution is 2.31. The minimum atomic E-state index is -4.63. The van der Waals surface area contributed by atoms with Crippen LogP contribution in [0.15, 0.2) is 48.5 Å². The molecule has 3 atom stereocenters. The highest BCUT2D eigenvalue weighted by molar-refractivity contribution is 5.88. The summed E-state index contributed by atoms with van der Waals surface area (Å²) in [5.74, 6) is -4.89. The summed E-state index contributed by atoms with van der Waals surface area (Å²) in [6.07, 6.45) is -7.18. The zero-order valence-electron chi connectivity index (χ0n) is 18.2. The number of ether oxygens (including phenoxy) is 1. The van der Waals surface area contributed by atoms with Crippen molar-refractivity contribution in [3.05, 3.63) is 75.3 Å². The number of carboxylic acid groups (broad SMARTS) is 1. The first-order valence-electron chi connectivity index (χ1n) is 10.1. The van der Waals surface area contributed by atoms with Gasteiger partial charge in [-0.1, -0.05) is 24.3 Å². The Balaban J connectivity index is 2.33. The van der Waals surface area contributed by atoms with Gasteiger partial charge in [-0.15, -0.1) is 0 Å². The highest BCUT2D eigenvalue weighted by atomic mass is 19.4. The number of carbonyl (C=O) groups is 3. The molecule has 188 valence electrons. The molecule has 0 unspecified atom stereocenters. The van der Waals surface area contributed by atoms with Crippen molar-refractivity contribution in [2.75, 3.05) is 6.61 Å². The van der Waals surface area contributed by atoms with Gasteiger partial charge in [0.15, 0.2) is 6.10 Å². The molecule has 0 fully saturated rings. The lowest BCUT2D eigenvalue weighted by molar-refractivity contribution is -0.384. The Morgan fingerprint density at radius 1 is 1.06 bits per heavy atom. The van der Waals surface area contributed by atoms with Gasteiger partial charge < -0.3 is 20.3 Å².